The maximum absolute atomic E-state index is 10.3. The largest absolute Gasteiger partial charge is 0.491 e. The predicted octanol–water partition coefficient (Wildman–Crippen LogP) is 1.33. The normalized spacial score (nSPS) is 18.5. The zero-order valence-corrected chi connectivity index (χ0v) is 15.2. The molecule has 136 valence electrons. The lowest BCUT2D eigenvalue weighted by Crippen LogP contribution is -2.49. The van der Waals surface area contributed by atoms with Crippen LogP contribution in [0.3, 0.4) is 0 Å². The lowest BCUT2D eigenvalue weighted by molar-refractivity contribution is 0.0424. The average Bonchev–Trinajstić information content (AvgIpc) is 2.54. The van der Waals surface area contributed by atoms with Crippen LogP contribution in [0, 0.1) is 0 Å². The van der Waals surface area contributed by atoms with Crippen LogP contribution in [-0.4, -0.2) is 78.6 Å². The first-order valence-corrected chi connectivity index (χ1v) is 8.86. The minimum atomic E-state index is -0.498. The molecule has 1 heterocycles. The molecule has 0 bridgehead atoms. The van der Waals surface area contributed by atoms with Gasteiger partial charge in [0.1, 0.15) is 18.5 Å². The highest BCUT2D eigenvalue weighted by Gasteiger charge is 2.21. The predicted molar refractivity (Wildman–Crippen MR) is 96.6 cm³/mol. The van der Waals surface area contributed by atoms with Gasteiger partial charge < -0.3 is 14.9 Å². The Balaban J connectivity index is 1.79. The molecule has 0 radical (unpaired) electrons. The van der Waals surface area contributed by atoms with Crippen molar-refractivity contribution in [1.29, 1.82) is 0 Å². The molecule has 2 rings (SSSR count). The van der Waals surface area contributed by atoms with Crippen LogP contribution in [0.5, 0.6) is 5.75 Å². The highest BCUT2D eigenvalue weighted by atomic mass is 16.5. The van der Waals surface area contributed by atoms with E-state index in [1.807, 2.05) is 18.2 Å². The van der Waals surface area contributed by atoms with Gasteiger partial charge in [-0.05, 0) is 17.0 Å². The number of piperazine rings is 1. The highest BCUT2D eigenvalue weighted by Crippen LogP contribution is 2.30. The zero-order chi connectivity index (χ0) is 17.6. The molecule has 1 aromatic carbocycles. The van der Waals surface area contributed by atoms with Crippen molar-refractivity contribution >= 4 is 0 Å². The molecule has 24 heavy (non-hydrogen) atoms. The Morgan fingerprint density at radius 1 is 1.08 bits per heavy atom. The summed E-state index contributed by atoms with van der Waals surface area (Å²) in [5.74, 6) is 0.858. The first-order valence-electron chi connectivity index (χ1n) is 8.86. The summed E-state index contributed by atoms with van der Waals surface area (Å²) >= 11 is 0. The minimum Gasteiger partial charge on any atom is -0.491 e. The molecule has 0 spiro atoms. The standard InChI is InChI=1S/C19H32N2O3/c1-19(2,3)17-6-4-5-7-18(17)24-15-16(23)14-21-10-8-20(9-11-21)12-13-22/h4-7,16,22-23H,8-15H2,1-3H3. The topological polar surface area (TPSA) is 56.2 Å². The Hall–Kier alpha value is -1.14. The SMILES string of the molecule is CC(C)(C)c1ccccc1OCC(O)CN1CCN(CCO)CC1. The molecule has 1 fully saturated rings. The number of hydrogen-bond donors (Lipinski definition) is 2. The molecule has 1 atom stereocenters. The van der Waals surface area contributed by atoms with Crippen LogP contribution in [0.4, 0.5) is 0 Å². The monoisotopic (exact) mass is 336 g/mol. The summed E-state index contributed by atoms with van der Waals surface area (Å²) in [4.78, 5) is 4.51. The van der Waals surface area contributed by atoms with Crippen molar-refractivity contribution < 1.29 is 14.9 Å². The van der Waals surface area contributed by atoms with Gasteiger partial charge in [0.05, 0.1) is 6.61 Å². The molecule has 1 unspecified atom stereocenters. The Morgan fingerprint density at radius 3 is 2.33 bits per heavy atom. The van der Waals surface area contributed by atoms with Crippen LogP contribution in [0.1, 0.15) is 26.3 Å². The van der Waals surface area contributed by atoms with E-state index >= 15 is 0 Å². The Kier molecular flexibility index (Phi) is 7.04. The van der Waals surface area contributed by atoms with Gasteiger partial charge in [-0.2, -0.15) is 0 Å². The van der Waals surface area contributed by atoms with Crippen molar-refractivity contribution in [3.05, 3.63) is 29.8 Å². The fraction of sp³-hybridized carbons (Fsp3) is 0.684. The molecule has 0 aliphatic carbocycles. The highest BCUT2D eigenvalue weighted by molar-refractivity contribution is 5.38. The second-order valence-corrected chi connectivity index (χ2v) is 7.58. The number of hydrogen-bond acceptors (Lipinski definition) is 5. The van der Waals surface area contributed by atoms with Crippen molar-refractivity contribution in [3.63, 3.8) is 0 Å². The Labute approximate surface area is 145 Å². The molecular weight excluding hydrogens is 304 g/mol. The summed E-state index contributed by atoms with van der Waals surface area (Å²) in [6.07, 6.45) is -0.498. The van der Waals surface area contributed by atoms with Crippen molar-refractivity contribution in [1.82, 2.24) is 9.80 Å². The number of rotatable bonds is 7. The molecule has 0 saturated carbocycles. The first-order chi connectivity index (χ1) is 11.4. The summed E-state index contributed by atoms with van der Waals surface area (Å²) in [6.45, 7) is 12.1. The number of ether oxygens (including phenoxy) is 1. The van der Waals surface area contributed by atoms with Crippen LogP contribution < -0.4 is 4.74 Å². The van der Waals surface area contributed by atoms with E-state index in [1.54, 1.807) is 0 Å². The summed E-state index contributed by atoms with van der Waals surface area (Å²) in [6, 6.07) is 8.05. The number of benzene rings is 1. The smallest absolute Gasteiger partial charge is 0.123 e. The van der Waals surface area contributed by atoms with Gasteiger partial charge in [-0.15, -0.1) is 0 Å². The summed E-state index contributed by atoms with van der Waals surface area (Å²) < 4.78 is 5.91. The number of aliphatic hydroxyl groups excluding tert-OH is 2. The molecule has 0 aromatic heterocycles. The van der Waals surface area contributed by atoms with E-state index in [1.165, 1.54) is 0 Å². The molecule has 1 aromatic rings. The van der Waals surface area contributed by atoms with E-state index in [9.17, 15) is 5.11 Å². The van der Waals surface area contributed by atoms with Crippen LogP contribution in [0.15, 0.2) is 24.3 Å². The minimum absolute atomic E-state index is 0.0184. The number of para-hydroxylation sites is 1. The molecule has 0 amide bonds. The van der Waals surface area contributed by atoms with E-state index < -0.39 is 6.10 Å². The second-order valence-electron chi connectivity index (χ2n) is 7.58. The fourth-order valence-corrected chi connectivity index (χ4v) is 3.09. The molecule has 5 nitrogen and oxygen atoms in total. The van der Waals surface area contributed by atoms with Gasteiger partial charge in [0.2, 0.25) is 0 Å². The lowest BCUT2D eigenvalue weighted by Gasteiger charge is -2.35. The van der Waals surface area contributed by atoms with Gasteiger partial charge in [-0.1, -0.05) is 39.0 Å². The maximum Gasteiger partial charge on any atom is 0.123 e. The van der Waals surface area contributed by atoms with Crippen LogP contribution in [0.25, 0.3) is 0 Å². The molecule has 1 aliphatic heterocycles. The van der Waals surface area contributed by atoms with Crippen molar-refractivity contribution in [2.24, 2.45) is 0 Å². The number of aliphatic hydroxyl groups is 2. The van der Waals surface area contributed by atoms with E-state index in [4.69, 9.17) is 9.84 Å². The molecular formula is C19H32N2O3. The van der Waals surface area contributed by atoms with Crippen LogP contribution in [0.2, 0.25) is 0 Å². The Bertz CT molecular complexity index is 494. The number of β-amino-alcohol motifs (C(OH)–C–C–N with tert-alkyl or cyclic N) is 2. The third kappa shape index (κ3) is 5.74. The molecule has 2 N–H and O–H groups in total. The van der Waals surface area contributed by atoms with Gasteiger partial charge >= 0.3 is 0 Å². The number of nitrogens with zero attached hydrogens (tertiary/aromatic N) is 2. The maximum atomic E-state index is 10.3. The van der Waals surface area contributed by atoms with Gasteiger partial charge in [-0.25, -0.2) is 0 Å². The van der Waals surface area contributed by atoms with E-state index in [0.717, 1.165) is 44.0 Å². The molecule has 1 aliphatic rings. The van der Waals surface area contributed by atoms with E-state index in [2.05, 4.69) is 36.6 Å². The quantitative estimate of drug-likeness (QED) is 0.787. The summed E-state index contributed by atoms with van der Waals surface area (Å²) in [5.41, 5.74) is 1.18. The zero-order valence-electron chi connectivity index (χ0n) is 15.2. The van der Waals surface area contributed by atoms with Crippen molar-refractivity contribution in [2.75, 3.05) is 52.5 Å². The second kappa shape index (κ2) is 8.81. The van der Waals surface area contributed by atoms with Gasteiger partial charge in [-0.3, -0.25) is 9.80 Å². The van der Waals surface area contributed by atoms with Gasteiger partial charge in [0.25, 0.3) is 0 Å². The Morgan fingerprint density at radius 2 is 1.71 bits per heavy atom. The fourth-order valence-electron chi connectivity index (χ4n) is 3.09. The summed E-state index contributed by atoms with van der Waals surface area (Å²) in [5, 5.41) is 19.3. The van der Waals surface area contributed by atoms with E-state index in [0.29, 0.717) is 13.2 Å². The summed E-state index contributed by atoms with van der Waals surface area (Å²) in [7, 11) is 0. The van der Waals surface area contributed by atoms with E-state index in [-0.39, 0.29) is 12.0 Å². The van der Waals surface area contributed by atoms with Crippen molar-refractivity contribution in [3.8, 4) is 5.75 Å². The first kappa shape index (κ1) is 19.2. The van der Waals surface area contributed by atoms with Crippen molar-refractivity contribution in [2.45, 2.75) is 32.3 Å². The van der Waals surface area contributed by atoms with Gasteiger partial charge in [0, 0.05) is 39.3 Å². The lowest BCUT2D eigenvalue weighted by atomic mass is 9.86. The third-order valence-electron chi connectivity index (χ3n) is 4.48. The average molecular weight is 336 g/mol. The van der Waals surface area contributed by atoms with Gasteiger partial charge in [0.15, 0.2) is 0 Å². The van der Waals surface area contributed by atoms with Crippen LogP contribution >= 0.6 is 0 Å². The molecule has 5 heteroatoms. The van der Waals surface area contributed by atoms with Crippen LogP contribution in [-0.2, 0) is 5.41 Å². The molecule has 1 saturated heterocycles. The third-order valence-corrected chi connectivity index (χ3v) is 4.48.